The zero-order valence-corrected chi connectivity index (χ0v) is 14.4. The number of ether oxygens (including phenoxy) is 1. The Morgan fingerprint density at radius 1 is 1.28 bits per heavy atom. The molecule has 25 heavy (non-hydrogen) atoms. The van der Waals surface area contributed by atoms with E-state index in [9.17, 15) is 9.90 Å². The van der Waals surface area contributed by atoms with Gasteiger partial charge in [-0.25, -0.2) is 4.79 Å². The summed E-state index contributed by atoms with van der Waals surface area (Å²) in [6.45, 7) is 1.99. The lowest BCUT2D eigenvalue weighted by atomic mass is 9.86. The molecule has 1 aliphatic heterocycles. The first-order valence-corrected chi connectivity index (χ1v) is 8.25. The van der Waals surface area contributed by atoms with E-state index in [2.05, 4.69) is 5.16 Å². The number of hydrogen-bond acceptors (Lipinski definition) is 4. The predicted octanol–water partition coefficient (Wildman–Crippen LogP) is 4.22. The summed E-state index contributed by atoms with van der Waals surface area (Å²) >= 11 is 5.96. The maximum Gasteiger partial charge on any atom is 0.354 e. The van der Waals surface area contributed by atoms with Crippen LogP contribution in [0.2, 0.25) is 5.02 Å². The molecule has 0 saturated heterocycles. The molecule has 2 unspecified atom stereocenters. The fourth-order valence-electron chi connectivity index (χ4n) is 2.86. The smallest absolute Gasteiger partial charge is 0.354 e. The van der Waals surface area contributed by atoms with E-state index in [4.69, 9.17) is 21.2 Å². The third-order valence-electron chi connectivity index (χ3n) is 4.10. The molecule has 0 amide bonds. The first kappa shape index (κ1) is 17.5. The summed E-state index contributed by atoms with van der Waals surface area (Å²) in [6.07, 6.45) is -0.673. The summed E-state index contributed by atoms with van der Waals surface area (Å²) in [7, 11) is 0. The number of halogens is 1. The number of aliphatic carboxylic acids is 1. The zero-order chi connectivity index (χ0) is 17.9. The number of oxime groups is 1. The summed E-state index contributed by atoms with van der Waals surface area (Å²) in [6, 6.07) is 16.5. The lowest BCUT2D eigenvalue weighted by molar-refractivity contribution is -0.187. The van der Waals surface area contributed by atoms with E-state index in [0.717, 1.165) is 5.56 Å². The van der Waals surface area contributed by atoms with Crippen molar-refractivity contribution in [1.82, 2.24) is 0 Å². The molecule has 1 N–H and O–H groups in total. The van der Waals surface area contributed by atoms with Gasteiger partial charge in [-0.1, -0.05) is 59.2 Å². The van der Waals surface area contributed by atoms with E-state index in [1.54, 1.807) is 31.2 Å². The Morgan fingerprint density at radius 2 is 1.96 bits per heavy atom. The Labute approximate surface area is 150 Å². The van der Waals surface area contributed by atoms with Crippen LogP contribution in [0.15, 0.2) is 59.8 Å². The van der Waals surface area contributed by atoms with Gasteiger partial charge in [-0.2, -0.15) is 0 Å². The van der Waals surface area contributed by atoms with Gasteiger partial charge in [0.15, 0.2) is 0 Å². The number of rotatable bonds is 6. The summed E-state index contributed by atoms with van der Waals surface area (Å²) in [5.74, 6) is -1.11. The van der Waals surface area contributed by atoms with E-state index >= 15 is 0 Å². The zero-order valence-electron chi connectivity index (χ0n) is 13.7. The van der Waals surface area contributed by atoms with Gasteiger partial charge in [-0.05, 0) is 30.2 Å². The number of carbonyl (C=O) groups is 1. The summed E-state index contributed by atoms with van der Waals surface area (Å²) in [4.78, 5) is 17.4. The third kappa shape index (κ3) is 3.67. The van der Waals surface area contributed by atoms with Gasteiger partial charge in [0.25, 0.3) is 5.60 Å². The van der Waals surface area contributed by atoms with Gasteiger partial charge in [0.2, 0.25) is 0 Å². The fraction of sp³-hybridized carbons (Fsp3) is 0.263. The number of benzene rings is 2. The molecule has 0 bridgehead atoms. The van der Waals surface area contributed by atoms with Gasteiger partial charge >= 0.3 is 5.97 Å². The maximum absolute atomic E-state index is 12.1. The van der Waals surface area contributed by atoms with E-state index < -0.39 is 17.7 Å². The van der Waals surface area contributed by atoms with Crippen molar-refractivity contribution in [2.75, 3.05) is 0 Å². The van der Waals surface area contributed by atoms with Crippen molar-refractivity contribution in [2.45, 2.75) is 31.7 Å². The molecule has 1 heterocycles. The highest BCUT2D eigenvalue weighted by molar-refractivity contribution is 6.30. The van der Waals surface area contributed by atoms with Crippen LogP contribution in [0.3, 0.4) is 0 Å². The topological polar surface area (TPSA) is 68.1 Å². The molecule has 130 valence electrons. The summed E-state index contributed by atoms with van der Waals surface area (Å²) in [5, 5.41) is 14.3. The van der Waals surface area contributed by atoms with Crippen LogP contribution in [-0.2, 0) is 21.0 Å². The largest absolute Gasteiger partial charge is 0.478 e. The molecule has 2 atom stereocenters. The quantitative estimate of drug-likeness (QED) is 0.838. The molecule has 0 aliphatic carbocycles. The van der Waals surface area contributed by atoms with Gasteiger partial charge in [0.05, 0.1) is 12.3 Å². The molecule has 0 aromatic heterocycles. The number of hydrogen-bond donors (Lipinski definition) is 1. The summed E-state index contributed by atoms with van der Waals surface area (Å²) < 4.78 is 6.03. The van der Waals surface area contributed by atoms with Crippen molar-refractivity contribution < 1.29 is 19.5 Å². The molecule has 1 aliphatic rings. The van der Waals surface area contributed by atoms with Crippen LogP contribution < -0.4 is 0 Å². The SMILES string of the molecule is CC1=NOC(C(=O)O)(C(OCc2ccccc2)c2ccc(Cl)cc2)C1. The van der Waals surface area contributed by atoms with Crippen LogP contribution >= 0.6 is 11.6 Å². The molecule has 3 rings (SSSR count). The Bertz CT molecular complexity index is 776. The Hall–Kier alpha value is -2.37. The second kappa shape index (κ2) is 7.25. The van der Waals surface area contributed by atoms with Crippen LogP contribution in [0.4, 0.5) is 0 Å². The molecule has 0 radical (unpaired) electrons. The van der Waals surface area contributed by atoms with Gasteiger partial charge in [-0.15, -0.1) is 0 Å². The van der Waals surface area contributed by atoms with Crippen molar-refractivity contribution in [2.24, 2.45) is 5.16 Å². The molecule has 0 saturated carbocycles. The monoisotopic (exact) mass is 359 g/mol. The van der Waals surface area contributed by atoms with E-state index in [0.29, 0.717) is 16.3 Å². The highest BCUT2D eigenvalue weighted by atomic mass is 35.5. The first-order chi connectivity index (χ1) is 12.0. The molecule has 0 fully saturated rings. The van der Waals surface area contributed by atoms with Crippen molar-refractivity contribution in [3.05, 3.63) is 70.7 Å². The normalized spacial score (nSPS) is 20.6. The maximum atomic E-state index is 12.1. The minimum atomic E-state index is -1.59. The predicted molar refractivity (Wildman–Crippen MR) is 94.6 cm³/mol. The minimum Gasteiger partial charge on any atom is -0.478 e. The summed E-state index contributed by atoms with van der Waals surface area (Å²) in [5.41, 5.74) is 0.641. The molecule has 6 heteroatoms. The molecular formula is C19H18ClNO4. The van der Waals surface area contributed by atoms with Crippen molar-refractivity contribution in [3.63, 3.8) is 0 Å². The van der Waals surface area contributed by atoms with E-state index in [-0.39, 0.29) is 13.0 Å². The van der Waals surface area contributed by atoms with Crippen molar-refractivity contribution >= 4 is 23.3 Å². The second-order valence-electron chi connectivity index (χ2n) is 6.02. The molecular weight excluding hydrogens is 342 g/mol. The molecule has 5 nitrogen and oxygen atoms in total. The average molecular weight is 360 g/mol. The Balaban J connectivity index is 1.93. The Morgan fingerprint density at radius 3 is 2.52 bits per heavy atom. The number of carboxylic acid groups (broad SMARTS) is 1. The van der Waals surface area contributed by atoms with Crippen molar-refractivity contribution in [3.8, 4) is 0 Å². The average Bonchev–Trinajstić information content (AvgIpc) is 3.01. The second-order valence-corrected chi connectivity index (χ2v) is 6.45. The van der Waals surface area contributed by atoms with Gasteiger partial charge in [0, 0.05) is 11.4 Å². The highest BCUT2D eigenvalue weighted by Gasteiger charge is 2.54. The third-order valence-corrected chi connectivity index (χ3v) is 4.35. The van der Waals surface area contributed by atoms with Crippen LogP contribution in [-0.4, -0.2) is 22.4 Å². The van der Waals surface area contributed by atoms with E-state index in [1.165, 1.54) is 0 Å². The first-order valence-electron chi connectivity index (χ1n) is 7.87. The molecule has 2 aromatic rings. The number of carboxylic acids is 1. The van der Waals surface area contributed by atoms with Crippen molar-refractivity contribution in [1.29, 1.82) is 0 Å². The lowest BCUT2D eigenvalue weighted by Crippen LogP contribution is -2.45. The lowest BCUT2D eigenvalue weighted by Gasteiger charge is -2.31. The fourth-order valence-corrected chi connectivity index (χ4v) is 2.99. The van der Waals surface area contributed by atoms with Crippen LogP contribution in [0.5, 0.6) is 0 Å². The standard InChI is InChI=1S/C19H18ClNO4/c1-13-11-19(18(22)23,25-21-13)17(15-7-9-16(20)10-8-15)24-12-14-5-3-2-4-6-14/h2-10,17H,11-12H2,1H3,(H,22,23). The van der Waals surface area contributed by atoms with Gasteiger partial charge in [0.1, 0.15) is 6.10 Å². The Kier molecular flexibility index (Phi) is 5.06. The van der Waals surface area contributed by atoms with Crippen LogP contribution in [0.25, 0.3) is 0 Å². The van der Waals surface area contributed by atoms with Gasteiger partial charge in [-0.3, -0.25) is 0 Å². The van der Waals surface area contributed by atoms with Crippen LogP contribution in [0.1, 0.15) is 30.6 Å². The number of nitrogens with zero attached hydrogens (tertiary/aromatic N) is 1. The van der Waals surface area contributed by atoms with Crippen LogP contribution in [0, 0.1) is 0 Å². The minimum absolute atomic E-state index is 0.157. The van der Waals surface area contributed by atoms with Gasteiger partial charge < -0.3 is 14.7 Å². The highest BCUT2D eigenvalue weighted by Crippen LogP contribution is 2.40. The molecule has 2 aromatic carbocycles. The van der Waals surface area contributed by atoms with E-state index in [1.807, 2.05) is 30.3 Å². The molecule has 0 spiro atoms.